The van der Waals surface area contributed by atoms with Gasteiger partial charge in [-0.05, 0) is 37.8 Å². The summed E-state index contributed by atoms with van der Waals surface area (Å²) in [7, 11) is -4.05. The fraction of sp³-hybridized carbons (Fsp3) is 0.900. The van der Waals surface area contributed by atoms with Gasteiger partial charge in [0.25, 0.3) is 0 Å². The standard InChI is InChI=1S/C40H79O4P/c1-3-5-7-9-11-13-15-17-19-21-23-25-27-29-31-33-35-37-39-43-45(41,42)44-40-38-36-34-32-30-28-26-24-22-20-18-16-14-12-10-8-6-4-2/h37-40H,3-36H2,1-2H3,(H,41,42). The van der Waals surface area contributed by atoms with Crippen molar-refractivity contribution < 1.29 is 18.5 Å². The number of unbranched alkanes of at least 4 members (excludes halogenated alkanes) is 32. The quantitative estimate of drug-likeness (QED) is 0.0409. The first-order valence-electron chi connectivity index (χ1n) is 20.1. The van der Waals surface area contributed by atoms with Crippen LogP contribution in [0.5, 0.6) is 0 Å². The lowest BCUT2D eigenvalue weighted by Crippen LogP contribution is -1.85. The van der Waals surface area contributed by atoms with Crippen LogP contribution in [0.25, 0.3) is 0 Å². The molecule has 0 atom stereocenters. The Bertz CT molecular complexity index is 611. The highest BCUT2D eigenvalue weighted by atomic mass is 31.2. The normalized spacial score (nSPS) is 13.2. The van der Waals surface area contributed by atoms with Crippen molar-refractivity contribution in [1.82, 2.24) is 0 Å². The second kappa shape index (κ2) is 37.7. The van der Waals surface area contributed by atoms with Crippen molar-refractivity contribution in [2.24, 2.45) is 0 Å². The average molecular weight is 655 g/mol. The Morgan fingerprint density at radius 1 is 0.378 bits per heavy atom. The van der Waals surface area contributed by atoms with E-state index in [0.717, 1.165) is 25.7 Å². The van der Waals surface area contributed by atoms with E-state index in [-0.39, 0.29) is 0 Å². The third kappa shape index (κ3) is 39.4. The molecular formula is C40H79O4P. The molecule has 0 aromatic rings. The molecule has 0 saturated heterocycles. The van der Waals surface area contributed by atoms with Gasteiger partial charge in [-0.15, -0.1) is 0 Å². The molecule has 0 aliphatic rings. The largest absolute Gasteiger partial charge is 0.583 e. The van der Waals surface area contributed by atoms with Crippen molar-refractivity contribution in [2.75, 3.05) is 0 Å². The number of hydrogen-bond donors (Lipinski definition) is 1. The fourth-order valence-corrected chi connectivity index (χ4v) is 6.55. The Morgan fingerprint density at radius 2 is 0.578 bits per heavy atom. The van der Waals surface area contributed by atoms with Crippen LogP contribution in [-0.4, -0.2) is 4.89 Å². The molecule has 4 nitrogen and oxygen atoms in total. The zero-order valence-electron chi connectivity index (χ0n) is 30.5. The minimum absolute atomic E-state index is 0.869. The van der Waals surface area contributed by atoms with Gasteiger partial charge in [0.2, 0.25) is 0 Å². The molecule has 0 rings (SSSR count). The molecule has 0 bridgehead atoms. The molecular weight excluding hydrogens is 575 g/mol. The highest BCUT2D eigenvalue weighted by Gasteiger charge is 2.19. The van der Waals surface area contributed by atoms with Crippen LogP contribution < -0.4 is 0 Å². The van der Waals surface area contributed by atoms with Gasteiger partial charge >= 0.3 is 7.82 Å². The summed E-state index contributed by atoms with van der Waals surface area (Å²) in [5.41, 5.74) is 0. The first kappa shape index (κ1) is 44.3. The Labute approximate surface area is 282 Å². The van der Waals surface area contributed by atoms with Gasteiger partial charge in [-0.2, -0.15) is 0 Å². The summed E-state index contributed by atoms with van der Waals surface area (Å²) >= 11 is 0. The lowest BCUT2D eigenvalue weighted by molar-refractivity contribution is 0.243. The van der Waals surface area contributed by atoms with Gasteiger partial charge in [0.1, 0.15) is 0 Å². The van der Waals surface area contributed by atoms with Crippen molar-refractivity contribution >= 4 is 7.82 Å². The molecule has 5 heteroatoms. The molecule has 0 heterocycles. The third-order valence-corrected chi connectivity index (χ3v) is 9.81. The predicted octanol–water partition coefficient (Wildman–Crippen LogP) is 15.5. The number of rotatable bonds is 38. The Kier molecular flexibility index (Phi) is 37.1. The van der Waals surface area contributed by atoms with Gasteiger partial charge in [-0.1, -0.05) is 206 Å². The van der Waals surface area contributed by atoms with E-state index in [9.17, 15) is 9.46 Å². The molecule has 0 spiro atoms. The van der Waals surface area contributed by atoms with E-state index in [4.69, 9.17) is 9.05 Å². The number of phosphoric acid groups is 1. The second-order valence-electron chi connectivity index (χ2n) is 13.6. The Hall–Kier alpha value is -0.730. The molecule has 0 amide bonds. The van der Waals surface area contributed by atoms with Crippen LogP contribution in [0.2, 0.25) is 0 Å². The van der Waals surface area contributed by atoms with E-state index in [1.54, 1.807) is 0 Å². The van der Waals surface area contributed by atoms with Crippen molar-refractivity contribution in [3.05, 3.63) is 24.7 Å². The lowest BCUT2D eigenvalue weighted by atomic mass is 10.0. The monoisotopic (exact) mass is 655 g/mol. The highest BCUT2D eigenvalue weighted by molar-refractivity contribution is 7.47. The molecule has 0 aliphatic carbocycles. The van der Waals surface area contributed by atoms with Crippen LogP contribution in [-0.2, 0) is 13.6 Å². The summed E-state index contributed by atoms with van der Waals surface area (Å²) in [4.78, 5) is 9.81. The second-order valence-corrected chi connectivity index (χ2v) is 15.0. The molecule has 45 heavy (non-hydrogen) atoms. The molecule has 0 fully saturated rings. The van der Waals surface area contributed by atoms with Crippen molar-refractivity contribution in [3.8, 4) is 0 Å². The summed E-state index contributed by atoms with van der Waals surface area (Å²) in [5, 5.41) is 0. The van der Waals surface area contributed by atoms with Crippen LogP contribution in [0.4, 0.5) is 0 Å². The van der Waals surface area contributed by atoms with Crippen LogP contribution in [0.15, 0.2) is 24.7 Å². The van der Waals surface area contributed by atoms with Gasteiger partial charge in [0.15, 0.2) is 0 Å². The topological polar surface area (TPSA) is 55.8 Å². The van der Waals surface area contributed by atoms with Crippen molar-refractivity contribution in [2.45, 2.75) is 232 Å². The maximum atomic E-state index is 12.0. The average Bonchev–Trinajstić information content (AvgIpc) is 3.03. The van der Waals surface area contributed by atoms with Gasteiger partial charge in [-0.25, -0.2) is 4.57 Å². The molecule has 0 unspecified atom stereocenters. The van der Waals surface area contributed by atoms with E-state index in [1.807, 2.05) is 12.2 Å². The maximum absolute atomic E-state index is 12.0. The van der Waals surface area contributed by atoms with Gasteiger partial charge in [-0.3, -0.25) is 4.89 Å². The number of allylic oxidation sites excluding steroid dienone is 2. The number of phosphoric ester groups is 1. The summed E-state index contributed by atoms with van der Waals surface area (Å²) in [6.45, 7) is 4.57. The number of hydrogen-bond acceptors (Lipinski definition) is 3. The van der Waals surface area contributed by atoms with E-state index in [1.165, 1.54) is 205 Å². The van der Waals surface area contributed by atoms with Gasteiger partial charge in [0, 0.05) is 0 Å². The van der Waals surface area contributed by atoms with Gasteiger partial charge in [0.05, 0.1) is 12.5 Å². The summed E-state index contributed by atoms with van der Waals surface area (Å²) < 4.78 is 21.9. The summed E-state index contributed by atoms with van der Waals surface area (Å²) in [6, 6.07) is 0. The molecule has 268 valence electrons. The van der Waals surface area contributed by atoms with Crippen LogP contribution in [0, 0.1) is 0 Å². The van der Waals surface area contributed by atoms with E-state index in [0.29, 0.717) is 0 Å². The highest BCUT2D eigenvalue weighted by Crippen LogP contribution is 2.43. The molecule has 0 radical (unpaired) electrons. The van der Waals surface area contributed by atoms with E-state index in [2.05, 4.69) is 13.8 Å². The first-order chi connectivity index (χ1) is 22.1. The summed E-state index contributed by atoms with van der Waals surface area (Å²) in [5.74, 6) is 0. The molecule has 0 aliphatic heterocycles. The SMILES string of the molecule is CCCCCCCCCCCCCCCCCCC=COP(=O)(O)OC=CCCCCCCCCCCCCCCCCCC. The van der Waals surface area contributed by atoms with Crippen LogP contribution >= 0.6 is 7.82 Å². The molecule has 1 N–H and O–H groups in total. The minimum Gasteiger partial charge on any atom is -0.404 e. The first-order valence-corrected chi connectivity index (χ1v) is 21.6. The maximum Gasteiger partial charge on any atom is 0.583 e. The van der Waals surface area contributed by atoms with E-state index < -0.39 is 7.82 Å². The van der Waals surface area contributed by atoms with Crippen molar-refractivity contribution in [3.63, 3.8) is 0 Å². The predicted molar refractivity (Wildman–Crippen MR) is 199 cm³/mol. The fourth-order valence-electron chi connectivity index (χ4n) is 6.02. The Balaban J connectivity index is 3.38. The van der Waals surface area contributed by atoms with Crippen molar-refractivity contribution in [1.29, 1.82) is 0 Å². The molecule has 0 saturated carbocycles. The minimum atomic E-state index is -4.05. The smallest absolute Gasteiger partial charge is 0.404 e. The summed E-state index contributed by atoms with van der Waals surface area (Å²) in [6.07, 6.45) is 51.6. The zero-order valence-corrected chi connectivity index (χ0v) is 31.4. The lowest BCUT2D eigenvalue weighted by Gasteiger charge is -2.07. The van der Waals surface area contributed by atoms with Crippen LogP contribution in [0.1, 0.15) is 232 Å². The van der Waals surface area contributed by atoms with Gasteiger partial charge < -0.3 is 9.05 Å². The van der Waals surface area contributed by atoms with Crippen LogP contribution in [0.3, 0.4) is 0 Å². The molecule has 0 aromatic heterocycles. The molecule has 0 aromatic carbocycles. The Morgan fingerprint density at radius 3 is 0.800 bits per heavy atom. The van der Waals surface area contributed by atoms with E-state index >= 15 is 0 Å². The third-order valence-electron chi connectivity index (χ3n) is 9.03. The zero-order chi connectivity index (χ0) is 32.8.